The van der Waals surface area contributed by atoms with E-state index in [1.165, 1.54) is 17.2 Å². The first-order valence-corrected chi connectivity index (χ1v) is 6.53. The van der Waals surface area contributed by atoms with Crippen molar-refractivity contribution in [2.45, 2.75) is 13.0 Å². The minimum atomic E-state index is -0.365. The first kappa shape index (κ1) is 10.8. The second-order valence-electron chi connectivity index (χ2n) is 3.87. The molecule has 0 amide bonds. The van der Waals surface area contributed by atoms with Gasteiger partial charge in [-0.3, -0.25) is 0 Å². The molecule has 15 heavy (non-hydrogen) atoms. The van der Waals surface area contributed by atoms with Gasteiger partial charge in [-0.25, -0.2) is 0 Å². The highest BCUT2D eigenvalue weighted by Gasteiger charge is 2.11. The number of hydrogen-bond donors (Lipinski definition) is 1. The molecule has 0 spiro atoms. The quantitative estimate of drug-likeness (QED) is 0.832. The second kappa shape index (κ2) is 4.90. The Morgan fingerprint density at radius 3 is 2.33 bits per heavy atom. The number of anilines is 1. The molecule has 0 radical (unpaired) electrons. The largest absolute Gasteiger partial charge is 0.389 e. The van der Waals surface area contributed by atoms with E-state index < -0.39 is 0 Å². The van der Waals surface area contributed by atoms with Crippen LogP contribution in [0.3, 0.4) is 0 Å². The van der Waals surface area contributed by atoms with Gasteiger partial charge in [-0.2, -0.15) is 11.8 Å². The number of aliphatic hydroxyl groups excluding tert-OH is 1. The van der Waals surface area contributed by atoms with E-state index in [0.29, 0.717) is 0 Å². The molecule has 82 valence electrons. The SMILES string of the molecule is C[C@H](O)c1ccc(N2CCSCC2)cc1. The molecule has 1 aliphatic heterocycles. The molecule has 1 aromatic rings. The lowest BCUT2D eigenvalue weighted by atomic mass is 10.1. The summed E-state index contributed by atoms with van der Waals surface area (Å²) in [5.74, 6) is 2.44. The predicted molar refractivity (Wildman–Crippen MR) is 66.6 cm³/mol. The lowest BCUT2D eigenvalue weighted by Gasteiger charge is -2.28. The van der Waals surface area contributed by atoms with Crippen molar-refractivity contribution in [2.75, 3.05) is 29.5 Å². The first-order valence-electron chi connectivity index (χ1n) is 5.38. The number of rotatable bonds is 2. The molecule has 1 aliphatic rings. The molecule has 0 aromatic heterocycles. The zero-order chi connectivity index (χ0) is 10.7. The fourth-order valence-corrected chi connectivity index (χ4v) is 2.69. The van der Waals surface area contributed by atoms with Crippen LogP contribution in [0.2, 0.25) is 0 Å². The topological polar surface area (TPSA) is 23.5 Å². The van der Waals surface area contributed by atoms with Crippen molar-refractivity contribution >= 4 is 17.4 Å². The fourth-order valence-electron chi connectivity index (χ4n) is 1.79. The minimum Gasteiger partial charge on any atom is -0.389 e. The van der Waals surface area contributed by atoms with Crippen molar-refractivity contribution < 1.29 is 5.11 Å². The third-order valence-corrected chi connectivity index (χ3v) is 3.69. The molecule has 2 nitrogen and oxygen atoms in total. The Hall–Kier alpha value is -0.670. The number of hydrogen-bond acceptors (Lipinski definition) is 3. The third-order valence-electron chi connectivity index (χ3n) is 2.75. The molecule has 1 saturated heterocycles. The van der Waals surface area contributed by atoms with Crippen LogP contribution in [-0.4, -0.2) is 29.7 Å². The molecule has 1 fully saturated rings. The van der Waals surface area contributed by atoms with Crippen LogP contribution < -0.4 is 4.90 Å². The summed E-state index contributed by atoms with van der Waals surface area (Å²) in [7, 11) is 0. The van der Waals surface area contributed by atoms with E-state index in [1.54, 1.807) is 6.92 Å². The molecule has 1 atom stereocenters. The van der Waals surface area contributed by atoms with Crippen LogP contribution in [0.4, 0.5) is 5.69 Å². The zero-order valence-corrected chi connectivity index (χ0v) is 9.83. The Kier molecular flexibility index (Phi) is 3.54. The molecule has 0 aliphatic carbocycles. The summed E-state index contributed by atoms with van der Waals surface area (Å²) < 4.78 is 0. The molecule has 0 bridgehead atoms. The van der Waals surface area contributed by atoms with Crippen LogP contribution in [0.15, 0.2) is 24.3 Å². The summed E-state index contributed by atoms with van der Waals surface area (Å²) in [6, 6.07) is 8.25. The monoisotopic (exact) mass is 223 g/mol. The van der Waals surface area contributed by atoms with E-state index in [4.69, 9.17) is 0 Å². The van der Waals surface area contributed by atoms with E-state index in [9.17, 15) is 5.11 Å². The maximum absolute atomic E-state index is 9.41. The summed E-state index contributed by atoms with van der Waals surface area (Å²) in [6.07, 6.45) is -0.365. The highest BCUT2D eigenvalue weighted by Crippen LogP contribution is 2.21. The number of aliphatic hydroxyl groups is 1. The molecule has 1 heterocycles. The molecular weight excluding hydrogens is 206 g/mol. The Labute approximate surface area is 95.3 Å². The van der Waals surface area contributed by atoms with Crippen LogP contribution in [0.1, 0.15) is 18.6 Å². The Bertz CT molecular complexity index is 304. The molecular formula is C12H17NOS. The summed E-state index contributed by atoms with van der Waals surface area (Å²) in [6.45, 7) is 4.07. The molecule has 1 N–H and O–H groups in total. The van der Waals surface area contributed by atoms with Crippen molar-refractivity contribution in [3.8, 4) is 0 Å². The van der Waals surface area contributed by atoms with Gasteiger partial charge in [0.15, 0.2) is 0 Å². The van der Waals surface area contributed by atoms with Crippen LogP contribution in [0.25, 0.3) is 0 Å². The summed E-state index contributed by atoms with van der Waals surface area (Å²) >= 11 is 2.02. The second-order valence-corrected chi connectivity index (χ2v) is 5.09. The van der Waals surface area contributed by atoms with Crippen LogP contribution in [-0.2, 0) is 0 Å². The maximum Gasteiger partial charge on any atom is 0.0761 e. The summed E-state index contributed by atoms with van der Waals surface area (Å²) in [5.41, 5.74) is 2.27. The van der Waals surface area contributed by atoms with Gasteiger partial charge < -0.3 is 10.0 Å². The molecule has 0 saturated carbocycles. The predicted octanol–water partition coefficient (Wildman–Crippen LogP) is 2.29. The number of nitrogens with zero attached hydrogens (tertiary/aromatic N) is 1. The van der Waals surface area contributed by atoms with Crippen molar-refractivity contribution in [3.63, 3.8) is 0 Å². The first-order chi connectivity index (χ1) is 7.27. The molecule has 3 heteroatoms. The number of benzene rings is 1. The van der Waals surface area contributed by atoms with Crippen molar-refractivity contribution in [2.24, 2.45) is 0 Å². The molecule has 0 unspecified atom stereocenters. The van der Waals surface area contributed by atoms with Gasteiger partial charge in [0, 0.05) is 30.3 Å². The number of thioether (sulfide) groups is 1. The van der Waals surface area contributed by atoms with Crippen molar-refractivity contribution in [3.05, 3.63) is 29.8 Å². The molecule has 1 aromatic carbocycles. The lowest BCUT2D eigenvalue weighted by Crippen LogP contribution is -2.32. The molecule has 2 rings (SSSR count). The average Bonchev–Trinajstić information content (AvgIpc) is 2.30. The highest BCUT2D eigenvalue weighted by atomic mass is 32.2. The smallest absolute Gasteiger partial charge is 0.0761 e. The fraction of sp³-hybridized carbons (Fsp3) is 0.500. The van der Waals surface area contributed by atoms with Crippen molar-refractivity contribution in [1.29, 1.82) is 0 Å². The summed E-state index contributed by atoms with van der Waals surface area (Å²) in [5, 5.41) is 9.41. The van der Waals surface area contributed by atoms with Gasteiger partial charge in [-0.1, -0.05) is 12.1 Å². The van der Waals surface area contributed by atoms with E-state index in [-0.39, 0.29) is 6.10 Å². The van der Waals surface area contributed by atoms with Gasteiger partial charge in [0.25, 0.3) is 0 Å². The van der Waals surface area contributed by atoms with Crippen LogP contribution in [0.5, 0.6) is 0 Å². The minimum absolute atomic E-state index is 0.365. The Morgan fingerprint density at radius 2 is 1.80 bits per heavy atom. The van der Waals surface area contributed by atoms with Gasteiger partial charge in [-0.15, -0.1) is 0 Å². The standard InChI is InChI=1S/C12H17NOS/c1-10(14)11-2-4-12(5-3-11)13-6-8-15-9-7-13/h2-5,10,14H,6-9H2,1H3/t10-/m0/s1. The van der Waals surface area contributed by atoms with Gasteiger partial charge in [0.05, 0.1) is 6.10 Å². The normalized spacial score (nSPS) is 18.9. The van der Waals surface area contributed by atoms with Crippen LogP contribution in [0, 0.1) is 0 Å². The average molecular weight is 223 g/mol. The van der Waals surface area contributed by atoms with Gasteiger partial charge in [0.1, 0.15) is 0 Å². The third kappa shape index (κ3) is 2.67. The Morgan fingerprint density at radius 1 is 1.20 bits per heavy atom. The van der Waals surface area contributed by atoms with E-state index >= 15 is 0 Å². The zero-order valence-electron chi connectivity index (χ0n) is 9.02. The Balaban J connectivity index is 2.08. The van der Waals surface area contributed by atoms with E-state index in [1.807, 2.05) is 23.9 Å². The van der Waals surface area contributed by atoms with Crippen molar-refractivity contribution in [1.82, 2.24) is 0 Å². The maximum atomic E-state index is 9.41. The highest BCUT2D eigenvalue weighted by molar-refractivity contribution is 7.99. The van der Waals surface area contributed by atoms with E-state index in [0.717, 1.165) is 18.7 Å². The van der Waals surface area contributed by atoms with Gasteiger partial charge >= 0.3 is 0 Å². The lowest BCUT2D eigenvalue weighted by molar-refractivity contribution is 0.199. The summed E-state index contributed by atoms with van der Waals surface area (Å²) in [4.78, 5) is 2.41. The van der Waals surface area contributed by atoms with Gasteiger partial charge in [-0.05, 0) is 24.6 Å². The van der Waals surface area contributed by atoms with E-state index in [2.05, 4.69) is 17.0 Å². The van der Waals surface area contributed by atoms with Gasteiger partial charge in [0.2, 0.25) is 0 Å². The van der Waals surface area contributed by atoms with Crippen LogP contribution >= 0.6 is 11.8 Å².